The molecule has 0 aliphatic rings. The van der Waals surface area contributed by atoms with Gasteiger partial charge in [-0.3, -0.25) is 4.98 Å². The summed E-state index contributed by atoms with van der Waals surface area (Å²) in [6.45, 7) is 10.7. The highest BCUT2D eigenvalue weighted by Gasteiger charge is 2.06. The molecule has 0 saturated heterocycles. The van der Waals surface area contributed by atoms with Crippen molar-refractivity contribution in [2.24, 2.45) is 5.92 Å². The minimum Gasteiger partial charge on any atom is -0.383 e. The first kappa shape index (κ1) is 15.9. The van der Waals surface area contributed by atoms with Crippen LogP contribution >= 0.6 is 0 Å². The van der Waals surface area contributed by atoms with E-state index in [0.717, 1.165) is 37.7 Å². The number of methoxy groups -OCH3 is 1. The van der Waals surface area contributed by atoms with E-state index < -0.39 is 0 Å². The van der Waals surface area contributed by atoms with Crippen molar-refractivity contribution in [3.05, 3.63) is 18.1 Å². The van der Waals surface area contributed by atoms with Crippen LogP contribution in [0.4, 0.5) is 5.82 Å². The number of ether oxygens (including phenoxy) is 1. The first-order valence-electron chi connectivity index (χ1n) is 6.92. The molecule has 1 heterocycles. The molecule has 0 unspecified atom stereocenters. The SMILES string of the molecule is CCN(CCOC)c1cnc(CNCC(C)C)cn1. The summed E-state index contributed by atoms with van der Waals surface area (Å²) >= 11 is 0. The van der Waals surface area contributed by atoms with Crippen molar-refractivity contribution in [3.8, 4) is 0 Å². The molecular weight excluding hydrogens is 240 g/mol. The van der Waals surface area contributed by atoms with Gasteiger partial charge in [0, 0.05) is 26.7 Å². The summed E-state index contributed by atoms with van der Waals surface area (Å²) < 4.78 is 5.10. The summed E-state index contributed by atoms with van der Waals surface area (Å²) in [6, 6.07) is 0. The molecule has 0 aromatic carbocycles. The topological polar surface area (TPSA) is 50.3 Å². The van der Waals surface area contributed by atoms with Crippen LogP contribution in [0.25, 0.3) is 0 Å². The fourth-order valence-corrected chi connectivity index (χ4v) is 1.73. The Kier molecular flexibility index (Phi) is 7.36. The molecule has 1 N–H and O–H groups in total. The first-order chi connectivity index (χ1) is 9.17. The van der Waals surface area contributed by atoms with E-state index in [1.165, 1.54) is 0 Å². The molecule has 0 bridgehead atoms. The van der Waals surface area contributed by atoms with Gasteiger partial charge in [0.05, 0.1) is 24.7 Å². The quantitative estimate of drug-likeness (QED) is 0.737. The molecule has 108 valence electrons. The molecule has 1 rings (SSSR count). The van der Waals surface area contributed by atoms with E-state index in [-0.39, 0.29) is 0 Å². The van der Waals surface area contributed by atoms with Crippen molar-refractivity contribution >= 4 is 5.82 Å². The molecule has 0 fully saturated rings. The summed E-state index contributed by atoms with van der Waals surface area (Å²) in [5.41, 5.74) is 0.979. The minimum atomic E-state index is 0.650. The lowest BCUT2D eigenvalue weighted by molar-refractivity contribution is 0.205. The van der Waals surface area contributed by atoms with Crippen molar-refractivity contribution < 1.29 is 4.74 Å². The van der Waals surface area contributed by atoms with Crippen LogP contribution in [0.5, 0.6) is 0 Å². The van der Waals surface area contributed by atoms with Crippen LogP contribution < -0.4 is 10.2 Å². The third-order valence-corrected chi connectivity index (χ3v) is 2.82. The molecule has 0 aliphatic carbocycles. The lowest BCUT2D eigenvalue weighted by Crippen LogP contribution is -2.28. The van der Waals surface area contributed by atoms with Gasteiger partial charge in [0.2, 0.25) is 0 Å². The Balaban J connectivity index is 2.49. The van der Waals surface area contributed by atoms with Gasteiger partial charge < -0.3 is 15.0 Å². The number of rotatable bonds is 9. The highest BCUT2D eigenvalue weighted by Crippen LogP contribution is 2.08. The fraction of sp³-hybridized carbons (Fsp3) is 0.714. The average Bonchev–Trinajstić information content (AvgIpc) is 2.41. The zero-order chi connectivity index (χ0) is 14.1. The maximum Gasteiger partial charge on any atom is 0.147 e. The number of hydrogen-bond acceptors (Lipinski definition) is 5. The van der Waals surface area contributed by atoms with E-state index in [4.69, 9.17) is 4.74 Å². The fourth-order valence-electron chi connectivity index (χ4n) is 1.73. The van der Waals surface area contributed by atoms with Gasteiger partial charge >= 0.3 is 0 Å². The normalized spacial score (nSPS) is 11.0. The number of nitrogens with zero attached hydrogens (tertiary/aromatic N) is 3. The molecule has 5 heteroatoms. The molecule has 0 spiro atoms. The van der Waals surface area contributed by atoms with Gasteiger partial charge in [-0.05, 0) is 19.4 Å². The molecule has 0 radical (unpaired) electrons. The Hall–Kier alpha value is -1.20. The third kappa shape index (κ3) is 5.98. The lowest BCUT2D eigenvalue weighted by atomic mass is 10.2. The number of nitrogens with one attached hydrogen (secondary N) is 1. The summed E-state index contributed by atoms with van der Waals surface area (Å²) in [7, 11) is 1.71. The number of anilines is 1. The second-order valence-corrected chi connectivity index (χ2v) is 4.96. The zero-order valence-corrected chi connectivity index (χ0v) is 12.5. The van der Waals surface area contributed by atoms with E-state index >= 15 is 0 Å². The van der Waals surface area contributed by atoms with Crippen molar-refractivity contribution in [2.45, 2.75) is 27.3 Å². The summed E-state index contributed by atoms with van der Waals surface area (Å²) in [5.74, 6) is 1.56. The van der Waals surface area contributed by atoms with Crippen LogP contribution in [0.15, 0.2) is 12.4 Å². The van der Waals surface area contributed by atoms with Gasteiger partial charge in [-0.25, -0.2) is 4.98 Å². The van der Waals surface area contributed by atoms with Crippen molar-refractivity contribution in [2.75, 3.05) is 38.3 Å². The van der Waals surface area contributed by atoms with E-state index in [0.29, 0.717) is 12.5 Å². The van der Waals surface area contributed by atoms with E-state index in [1.54, 1.807) is 7.11 Å². The van der Waals surface area contributed by atoms with Gasteiger partial charge in [-0.2, -0.15) is 0 Å². The standard InChI is InChI=1S/C14H26N4O/c1-5-18(6-7-19-4)14-11-16-13(10-17-14)9-15-8-12(2)3/h10-12,15H,5-9H2,1-4H3. The molecule has 19 heavy (non-hydrogen) atoms. The first-order valence-corrected chi connectivity index (χ1v) is 6.92. The number of hydrogen-bond donors (Lipinski definition) is 1. The van der Waals surface area contributed by atoms with Crippen molar-refractivity contribution in [1.82, 2.24) is 15.3 Å². The Morgan fingerprint density at radius 1 is 1.32 bits per heavy atom. The lowest BCUT2D eigenvalue weighted by Gasteiger charge is -2.21. The molecule has 0 saturated carbocycles. The van der Waals surface area contributed by atoms with Gasteiger partial charge in [0.1, 0.15) is 5.82 Å². The summed E-state index contributed by atoms with van der Waals surface area (Å²) in [6.07, 6.45) is 3.68. The van der Waals surface area contributed by atoms with Crippen LogP contribution in [0, 0.1) is 5.92 Å². The predicted octanol–water partition coefficient (Wildman–Crippen LogP) is 1.69. The molecule has 0 aliphatic heterocycles. The highest BCUT2D eigenvalue weighted by atomic mass is 16.5. The van der Waals surface area contributed by atoms with Crippen LogP contribution in [-0.4, -0.2) is 43.3 Å². The Bertz CT molecular complexity index is 340. The van der Waals surface area contributed by atoms with E-state index in [1.807, 2.05) is 12.4 Å². The monoisotopic (exact) mass is 266 g/mol. The molecule has 1 aromatic rings. The molecule has 0 amide bonds. The molecule has 1 aromatic heterocycles. The molecule has 0 atom stereocenters. The summed E-state index contributed by atoms with van der Waals surface area (Å²) in [4.78, 5) is 11.1. The van der Waals surface area contributed by atoms with Crippen LogP contribution in [-0.2, 0) is 11.3 Å². The smallest absolute Gasteiger partial charge is 0.147 e. The number of likely N-dealkylation sites (N-methyl/N-ethyl adjacent to an activating group) is 1. The van der Waals surface area contributed by atoms with Crippen LogP contribution in [0.2, 0.25) is 0 Å². The van der Waals surface area contributed by atoms with Crippen LogP contribution in [0.1, 0.15) is 26.5 Å². The second-order valence-electron chi connectivity index (χ2n) is 4.96. The van der Waals surface area contributed by atoms with Crippen LogP contribution in [0.3, 0.4) is 0 Å². The van der Waals surface area contributed by atoms with Gasteiger partial charge in [-0.1, -0.05) is 13.8 Å². The minimum absolute atomic E-state index is 0.650. The zero-order valence-electron chi connectivity index (χ0n) is 12.5. The van der Waals surface area contributed by atoms with Crippen molar-refractivity contribution in [1.29, 1.82) is 0 Å². The maximum absolute atomic E-state index is 5.10. The Morgan fingerprint density at radius 2 is 2.11 bits per heavy atom. The highest BCUT2D eigenvalue weighted by molar-refractivity contribution is 5.35. The van der Waals surface area contributed by atoms with E-state index in [2.05, 4.69) is 41.0 Å². The van der Waals surface area contributed by atoms with Gasteiger partial charge in [0.25, 0.3) is 0 Å². The Morgan fingerprint density at radius 3 is 2.63 bits per heavy atom. The van der Waals surface area contributed by atoms with E-state index in [9.17, 15) is 0 Å². The maximum atomic E-state index is 5.10. The summed E-state index contributed by atoms with van der Waals surface area (Å²) in [5, 5.41) is 3.36. The Labute approximate surface area is 116 Å². The third-order valence-electron chi connectivity index (χ3n) is 2.82. The second kappa shape index (κ2) is 8.82. The molecular formula is C14H26N4O. The van der Waals surface area contributed by atoms with Gasteiger partial charge in [0.15, 0.2) is 0 Å². The average molecular weight is 266 g/mol. The predicted molar refractivity (Wildman–Crippen MR) is 78.3 cm³/mol. The largest absolute Gasteiger partial charge is 0.383 e. The van der Waals surface area contributed by atoms with Gasteiger partial charge in [-0.15, -0.1) is 0 Å². The van der Waals surface area contributed by atoms with Crippen molar-refractivity contribution in [3.63, 3.8) is 0 Å². The molecule has 5 nitrogen and oxygen atoms in total. The number of aromatic nitrogens is 2.